The Bertz CT molecular complexity index is 595. The van der Waals surface area contributed by atoms with Crippen LogP contribution >= 0.6 is 24.0 Å². The lowest BCUT2D eigenvalue weighted by Crippen LogP contribution is -2.39. The number of rotatable bonds is 5. The van der Waals surface area contributed by atoms with Crippen molar-refractivity contribution in [1.29, 1.82) is 0 Å². The fraction of sp³-hybridized carbons (Fsp3) is 0.650. The number of nitrogens with one attached hydrogen (secondary N) is 1. The van der Waals surface area contributed by atoms with Crippen LogP contribution in [-0.4, -0.2) is 44.7 Å². The fourth-order valence-electron chi connectivity index (χ4n) is 4.19. The number of fused-ring (bicyclic) bond motifs is 1. The second-order valence-electron chi connectivity index (χ2n) is 7.03. The standard InChI is InChI=1S/C20H31N3O2.HI/c1-4-25-19-11-15(9-10-18(19)24-3)12-22-20(21-2)23-13-16-7-5-6-8-17(16)14-23;/h9-11,16-17H,4-8,12-14H2,1-3H3,(H,21,22);1H. The topological polar surface area (TPSA) is 46.1 Å². The van der Waals surface area contributed by atoms with E-state index in [0.717, 1.165) is 48.9 Å². The third-order valence-corrected chi connectivity index (χ3v) is 5.47. The van der Waals surface area contributed by atoms with Gasteiger partial charge in [-0.3, -0.25) is 4.99 Å². The summed E-state index contributed by atoms with van der Waals surface area (Å²) in [6.45, 7) is 5.65. The maximum absolute atomic E-state index is 5.67. The molecule has 1 heterocycles. The Hall–Kier alpha value is -1.18. The fourth-order valence-corrected chi connectivity index (χ4v) is 4.19. The molecule has 1 aliphatic carbocycles. The Labute approximate surface area is 174 Å². The van der Waals surface area contributed by atoms with E-state index in [1.165, 1.54) is 31.2 Å². The summed E-state index contributed by atoms with van der Waals surface area (Å²) >= 11 is 0. The lowest BCUT2D eigenvalue weighted by molar-refractivity contribution is 0.299. The number of methoxy groups -OCH3 is 1. The normalized spacial score (nSPS) is 22.4. The molecule has 1 aliphatic heterocycles. The van der Waals surface area contributed by atoms with Crippen molar-refractivity contribution in [3.8, 4) is 11.5 Å². The summed E-state index contributed by atoms with van der Waals surface area (Å²) in [5, 5.41) is 3.52. The molecule has 1 N–H and O–H groups in total. The van der Waals surface area contributed by atoms with Gasteiger partial charge in [0.1, 0.15) is 0 Å². The number of likely N-dealkylation sites (tertiary alicyclic amines) is 1. The van der Waals surface area contributed by atoms with E-state index in [0.29, 0.717) is 6.61 Å². The van der Waals surface area contributed by atoms with E-state index >= 15 is 0 Å². The monoisotopic (exact) mass is 473 g/mol. The molecule has 1 saturated carbocycles. The van der Waals surface area contributed by atoms with Gasteiger partial charge in [-0.2, -0.15) is 0 Å². The number of guanidine groups is 1. The molecule has 1 aromatic carbocycles. The number of nitrogens with zero attached hydrogens (tertiary/aromatic N) is 2. The van der Waals surface area contributed by atoms with Gasteiger partial charge < -0.3 is 19.7 Å². The Kier molecular flexibility index (Phi) is 8.31. The molecular formula is C20H32IN3O2. The molecule has 2 atom stereocenters. The summed E-state index contributed by atoms with van der Waals surface area (Å²) in [4.78, 5) is 6.95. The number of aliphatic imine (C=N–C) groups is 1. The predicted molar refractivity (Wildman–Crippen MR) is 117 cm³/mol. The van der Waals surface area contributed by atoms with Crippen molar-refractivity contribution in [2.45, 2.75) is 39.2 Å². The van der Waals surface area contributed by atoms with E-state index in [1.54, 1.807) is 7.11 Å². The lowest BCUT2D eigenvalue weighted by Gasteiger charge is -2.22. The first-order valence-corrected chi connectivity index (χ1v) is 9.50. The van der Waals surface area contributed by atoms with Crippen LogP contribution in [0.5, 0.6) is 11.5 Å². The van der Waals surface area contributed by atoms with Gasteiger partial charge in [-0.25, -0.2) is 0 Å². The van der Waals surface area contributed by atoms with Gasteiger partial charge >= 0.3 is 0 Å². The maximum Gasteiger partial charge on any atom is 0.193 e. The van der Waals surface area contributed by atoms with Crippen molar-refractivity contribution in [3.05, 3.63) is 23.8 Å². The highest BCUT2D eigenvalue weighted by Crippen LogP contribution is 2.36. The summed E-state index contributed by atoms with van der Waals surface area (Å²) in [5.41, 5.74) is 1.17. The van der Waals surface area contributed by atoms with Crippen molar-refractivity contribution in [2.24, 2.45) is 16.8 Å². The van der Waals surface area contributed by atoms with Gasteiger partial charge in [0.2, 0.25) is 0 Å². The van der Waals surface area contributed by atoms with Crippen LogP contribution in [0.15, 0.2) is 23.2 Å². The highest BCUT2D eigenvalue weighted by atomic mass is 127. The average Bonchev–Trinajstić information content (AvgIpc) is 3.06. The van der Waals surface area contributed by atoms with Gasteiger partial charge in [-0.1, -0.05) is 18.9 Å². The predicted octanol–water partition coefficient (Wildman–Crippen LogP) is 3.91. The molecule has 1 saturated heterocycles. The van der Waals surface area contributed by atoms with E-state index < -0.39 is 0 Å². The van der Waals surface area contributed by atoms with Crippen LogP contribution in [0.4, 0.5) is 0 Å². The smallest absolute Gasteiger partial charge is 0.193 e. The van der Waals surface area contributed by atoms with Crippen LogP contribution in [0, 0.1) is 11.8 Å². The zero-order chi connectivity index (χ0) is 17.6. The average molecular weight is 473 g/mol. The zero-order valence-corrected chi connectivity index (χ0v) is 18.5. The van der Waals surface area contributed by atoms with Gasteiger partial charge in [0, 0.05) is 26.7 Å². The van der Waals surface area contributed by atoms with Crippen molar-refractivity contribution in [2.75, 3.05) is 33.9 Å². The van der Waals surface area contributed by atoms with Crippen LogP contribution in [0.3, 0.4) is 0 Å². The molecule has 0 aromatic heterocycles. The number of halogens is 1. The highest BCUT2D eigenvalue weighted by Gasteiger charge is 2.35. The molecule has 1 aromatic rings. The Balaban J connectivity index is 0.00000243. The van der Waals surface area contributed by atoms with Crippen LogP contribution in [0.2, 0.25) is 0 Å². The summed E-state index contributed by atoms with van der Waals surface area (Å²) in [7, 11) is 3.55. The third kappa shape index (κ3) is 4.96. The van der Waals surface area contributed by atoms with Gasteiger partial charge in [0.05, 0.1) is 13.7 Å². The van der Waals surface area contributed by atoms with Crippen LogP contribution in [-0.2, 0) is 6.54 Å². The third-order valence-electron chi connectivity index (χ3n) is 5.47. The van der Waals surface area contributed by atoms with Crippen LogP contribution < -0.4 is 14.8 Å². The summed E-state index contributed by atoms with van der Waals surface area (Å²) in [6, 6.07) is 6.09. The van der Waals surface area contributed by atoms with Crippen molar-refractivity contribution < 1.29 is 9.47 Å². The zero-order valence-electron chi connectivity index (χ0n) is 16.2. The van der Waals surface area contributed by atoms with E-state index in [9.17, 15) is 0 Å². The Morgan fingerprint density at radius 3 is 2.46 bits per heavy atom. The summed E-state index contributed by atoms with van der Waals surface area (Å²) in [5.74, 6) is 4.31. The van der Waals surface area contributed by atoms with Gasteiger partial charge in [0.15, 0.2) is 17.5 Å². The van der Waals surface area contributed by atoms with Crippen LogP contribution in [0.1, 0.15) is 38.2 Å². The highest BCUT2D eigenvalue weighted by molar-refractivity contribution is 14.0. The first-order valence-electron chi connectivity index (χ1n) is 9.50. The number of hydrogen-bond donors (Lipinski definition) is 1. The minimum atomic E-state index is 0. The molecule has 5 nitrogen and oxygen atoms in total. The second kappa shape index (κ2) is 10.2. The minimum Gasteiger partial charge on any atom is -0.493 e. The van der Waals surface area contributed by atoms with Gasteiger partial charge in [-0.15, -0.1) is 24.0 Å². The lowest BCUT2D eigenvalue weighted by atomic mass is 9.82. The van der Waals surface area contributed by atoms with Crippen LogP contribution in [0.25, 0.3) is 0 Å². The number of hydrogen-bond acceptors (Lipinski definition) is 3. The van der Waals surface area contributed by atoms with Crippen molar-refractivity contribution >= 4 is 29.9 Å². The molecule has 3 rings (SSSR count). The molecule has 26 heavy (non-hydrogen) atoms. The molecule has 0 radical (unpaired) electrons. The Morgan fingerprint density at radius 2 is 1.88 bits per heavy atom. The number of benzene rings is 1. The molecule has 146 valence electrons. The van der Waals surface area contributed by atoms with Crippen molar-refractivity contribution in [1.82, 2.24) is 10.2 Å². The number of ether oxygens (including phenoxy) is 2. The molecule has 0 bridgehead atoms. The second-order valence-corrected chi connectivity index (χ2v) is 7.03. The Morgan fingerprint density at radius 1 is 1.19 bits per heavy atom. The molecule has 2 fully saturated rings. The van der Waals surface area contributed by atoms with E-state index in [-0.39, 0.29) is 24.0 Å². The molecule has 0 spiro atoms. The largest absolute Gasteiger partial charge is 0.493 e. The van der Waals surface area contributed by atoms with Gasteiger partial charge in [0.25, 0.3) is 0 Å². The molecule has 0 amide bonds. The molecule has 2 aliphatic rings. The van der Waals surface area contributed by atoms with E-state index in [4.69, 9.17) is 9.47 Å². The first-order chi connectivity index (χ1) is 12.2. The van der Waals surface area contributed by atoms with E-state index in [2.05, 4.69) is 21.3 Å². The molecule has 2 unspecified atom stereocenters. The maximum atomic E-state index is 5.67. The van der Waals surface area contributed by atoms with Crippen molar-refractivity contribution in [3.63, 3.8) is 0 Å². The minimum absolute atomic E-state index is 0. The summed E-state index contributed by atoms with van der Waals surface area (Å²) in [6.07, 6.45) is 5.56. The van der Waals surface area contributed by atoms with E-state index in [1.807, 2.05) is 26.1 Å². The molecular weight excluding hydrogens is 441 g/mol. The molecule has 6 heteroatoms. The first kappa shape index (κ1) is 21.1. The van der Waals surface area contributed by atoms with Gasteiger partial charge in [-0.05, 0) is 49.3 Å². The summed E-state index contributed by atoms with van der Waals surface area (Å²) < 4.78 is 11.0. The SMILES string of the molecule is CCOc1cc(CNC(=NC)N2CC3CCCCC3C2)ccc1OC.I. The quantitative estimate of drug-likeness (QED) is 0.400.